The Morgan fingerprint density at radius 2 is 2.07 bits per heavy atom. The maximum atomic E-state index is 13.0. The molecule has 1 rings (SSSR count). The summed E-state index contributed by atoms with van der Waals surface area (Å²) < 4.78 is 13.0. The summed E-state index contributed by atoms with van der Waals surface area (Å²) in [6.07, 6.45) is 0. The van der Waals surface area contributed by atoms with Crippen molar-refractivity contribution >= 4 is 29.2 Å². The van der Waals surface area contributed by atoms with Gasteiger partial charge in [-0.15, -0.1) is 0 Å². The SMILES string of the molecule is NC(C(=O)O)c1cc(Cl)cc(F)c1Cl. The predicted molar refractivity (Wildman–Crippen MR) is 51.0 cm³/mol. The maximum absolute atomic E-state index is 13.0. The molecule has 0 aliphatic carbocycles. The Morgan fingerprint density at radius 1 is 1.50 bits per heavy atom. The van der Waals surface area contributed by atoms with Crippen molar-refractivity contribution < 1.29 is 14.3 Å². The van der Waals surface area contributed by atoms with Crippen LogP contribution in [0.15, 0.2) is 12.1 Å². The zero-order valence-corrected chi connectivity index (χ0v) is 8.31. The van der Waals surface area contributed by atoms with E-state index < -0.39 is 17.8 Å². The summed E-state index contributed by atoms with van der Waals surface area (Å²) in [6, 6.07) is 0.837. The lowest BCUT2D eigenvalue weighted by atomic mass is 10.1. The van der Waals surface area contributed by atoms with Crippen LogP contribution < -0.4 is 5.73 Å². The highest BCUT2D eigenvalue weighted by Gasteiger charge is 2.20. The summed E-state index contributed by atoms with van der Waals surface area (Å²) in [5.41, 5.74) is 5.23. The quantitative estimate of drug-likeness (QED) is 0.776. The first-order chi connectivity index (χ1) is 6.43. The van der Waals surface area contributed by atoms with E-state index in [2.05, 4.69) is 0 Å². The van der Waals surface area contributed by atoms with Crippen LogP contribution in [0.3, 0.4) is 0 Å². The molecular weight excluding hydrogens is 232 g/mol. The molecular formula is C8H6Cl2FNO2. The highest BCUT2D eigenvalue weighted by atomic mass is 35.5. The molecule has 76 valence electrons. The van der Waals surface area contributed by atoms with Gasteiger partial charge in [-0.3, -0.25) is 4.79 Å². The third-order valence-electron chi connectivity index (χ3n) is 1.62. The van der Waals surface area contributed by atoms with Gasteiger partial charge in [0, 0.05) is 10.6 Å². The number of benzene rings is 1. The van der Waals surface area contributed by atoms with Crippen LogP contribution in [0.5, 0.6) is 0 Å². The highest BCUT2D eigenvalue weighted by Crippen LogP contribution is 2.28. The monoisotopic (exact) mass is 237 g/mol. The highest BCUT2D eigenvalue weighted by molar-refractivity contribution is 6.34. The summed E-state index contributed by atoms with van der Waals surface area (Å²) in [6.45, 7) is 0. The number of carboxylic acids is 1. The minimum Gasteiger partial charge on any atom is -0.480 e. The summed E-state index contributed by atoms with van der Waals surface area (Å²) in [5.74, 6) is -2.08. The number of rotatable bonds is 2. The number of carbonyl (C=O) groups is 1. The first-order valence-corrected chi connectivity index (χ1v) is 4.32. The topological polar surface area (TPSA) is 63.3 Å². The van der Waals surface area contributed by atoms with Gasteiger partial charge in [-0.05, 0) is 12.1 Å². The van der Waals surface area contributed by atoms with Crippen molar-refractivity contribution in [1.29, 1.82) is 0 Å². The van der Waals surface area contributed by atoms with Crippen molar-refractivity contribution in [3.63, 3.8) is 0 Å². The first-order valence-electron chi connectivity index (χ1n) is 3.56. The molecule has 0 heterocycles. The van der Waals surface area contributed by atoms with Crippen molar-refractivity contribution in [2.75, 3.05) is 0 Å². The number of hydrogen-bond donors (Lipinski definition) is 2. The van der Waals surface area contributed by atoms with Gasteiger partial charge >= 0.3 is 5.97 Å². The fraction of sp³-hybridized carbons (Fsp3) is 0.125. The zero-order valence-electron chi connectivity index (χ0n) is 6.80. The Bertz CT molecular complexity index is 384. The second-order valence-electron chi connectivity index (χ2n) is 2.61. The fourth-order valence-corrected chi connectivity index (χ4v) is 1.38. The predicted octanol–water partition coefficient (Wildman–Crippen LogP) is 2.22. The maximum Gasteiger partial charge on any atom is 0.325 e. The molecule has 1 atom stereocenters. The minimum atomic E-state index is -1.38. The fourth-order valence-electron chi connectivity index (χ4n) is 0.935. The molecule has 0 saturated heterocycles. The van der Waals surface area contributed by atoms with Crippen molar-refractivity contribution in [2.45, 2.75) is 6.04 Å². The van der Waals surface area contributed by atoms with Gasteiger partial charge in [-0.1, -0.05) is 23.2 Å². The van der Waals surface area contributed by atoms with Gasteiger partial charge in [0.05, 0.1) is 5.02 Å². The number of hydrogen-bond acceptors (Lipinski definition) is 2. The van der Waals surface area contributed by atoms with Crippen molar-refractivity contribution in [1.82, 2.24) is 0 Å². The lowest BCUT2D eigenvalue weighted by molar-refractivity contribution is -0.138. The summed E-state index contributed by atoms with van der Waals surface area (Å²) in [4.78, 5) is 10.5. The molecule has 0 amide bonds. The van der Waals surface area contributed by atoms with Crippen LogP contribution in [0.1, 0.15) is 11.6 Å². The lowest BCUT2D eigenvalue weighted by Gasteiger charge is -2.09. The van der Waals surface area contributed by atoms with Crippen LogP contribution in [-0.2, 0) is 4.79 Å². The Balaban J connectivity index is 3.26. The third-order valence-corrected chi connectivity index (χ3v) is 2.24. The van der Waals surface area contributed by atoms with Crippen LogP contribution in [0, 0.1) is 5.82 Å². The standard InChI is InChI=1S/C8H6Cl2FNO2/c9-3-1-4(7(12)8(13)14)6(10)5(11)2-3/h1-2,7H,12H2,(H,13,14). The molecule has 0 spiro atoms. The molecule has 3 nitrogen and oxygen atoms in total. The second-order valence-corrected chi connectivity index (χ2v) is 3.42. The van der Waals surface area contributed by atoms with Gasteiger partial charge in [0.25, 0.3) is 0 Å². The number of aliphatic carboxylic acids is 1. The number of halogens is 3. The minimum absolute atomic E-state index is 0.0378. The third kappa shape index (κ3) is 2.15. The molecule has 0 radical (unpaired) electrons. The van der Waals surface area contributed by atoms with E-state index in [-0.39, 0.29) is 15.6 Å². The molecule has 0 fully saturated rings. The largest absolute Gasteiger partial charge is 0.480 e. The van der Waals surface area contributed by atoms with Gasteiger partial charge in [-0.2, -0.15) is 0 Å². The van der Waals surface area contributed by atoms with Crippen LogP contribution >= 0.6 is 23.2 Å². The number of nitrogens with two attached hydrogens (primary N) is 1. The summed E-state index contributed by atoms with van der Waals surface area (Å²) >= 11 is 11.1. The molecule has 0 aliphatic heterocycles. The van der Waals surface area contributed by atoms with Gasteiger partial charge in [0.2, 0.25) is 0 Å². The normalized spacial score (nSPS) is 12.6. The molecule has 0 bridgehead atoms. The molecule has 1 aromatic rings. The van der Waals surface area contributed by atoms with Gasteiger partial charge in [0.1, 0.15) is 11.9 Å². The summed E-state index contributed by atoms with van der Waals surface area (Å²) in [5, 5.41) is 8.33. The Morgan fingerprint density at radius 3 is 2.57 bits per heavy atom. The van der Waals surface area contributed by atoms with Crippen LogP contribution in [0.2, 0.25) is 10.0 Å². The summed E-state index contributed by atoms with van der Waals surface area (Å²) in [7, 11) is 0. The van der Waals surface area contributed by atoms with Crippen molar-refractivity contribution in [3.8, 4) is 0 Å². The van der Waals surface area contributed by atoms with E-state index in [1.807, 2.05) is 0 Å². The van der Waals surface area contributed by atoms with Gasteiger partial charge in [-0.25, -0.2) is 4.39 Å². The van der Waals surface area contributed by atoms with E-state index in [0.717, 1.165) is 6.07 Å². The Kier molecular flexibility index (Phi) is 3.31. The second kappa shape index (κ2) is 4.13. The van der Waals surface area contributed by atoms with E-state index >= 15 is 0 Å². The van der Waals surface area contributed by atoms with Crippen molar-refractivity contribution in [3.05, 3.63) is 33.6 Å². The molecule has 1 aromatic carbocycles. The Labute approximate surface area is 89.2 Å². The Hall–Kier alpha value is -0.840. The van der Waals surface area contributed by atoms with Crippen LogP contribution in [0.4, 0.5) is 4.39 Å². The van der Waals surface area contributed by atoms with Crippen LogP contribution in [0.25, 0.3) is 0 Å². The number of carboxylic acid groups (broad SMARTS) is 1. The van der Waals surface area contributed by atoms with Crippen molar-refractivity contribution in [2.24, 2.45) is 5.73 Å². The van der Waals surface area contributed by atoms with Crippen LogP contribution in [-0.4, -0.2) is 11.1 Å². The molecule has 3 N–H and O–H groups in total. The molecule has 14 heavy (non-hydrogen) atoms. The van der Waals surface area contributed by atoms with E-state index in [1.165, 1.54) is 6.07 Å². The smallest absolute Gasteiger partial charge is 0.325 e. The lowest BCUT2D eigenvalue weighted by Crippen LogP contribution is -2.21. The zero-order chi connectivity index (χ0) is 10.9. The van der Waals surface area contributed by atoms with Gasteiger partial charge in [0.15, 0.2) is 0 Å². The molecule has 1 unspecified atom stereocenters. The molecule has 0 aliphatic rings. The van der Waals surface area contributed by atoms with E-state index in [4.69, 9.17) is 34.0 Å². The van der Waals surface area contributed by atoms with E-state index in [1.54, 1.807) is 0 Å². The van der Waals surface area contributed by atoms with Gasteiger partial charge < -0.3 is 10.8 Å². The van der Waals surface area contributed by atoms with E-state index in [9.17, 15) is 9.18 Å². The molecule has 6 heteroatoms. The molecule has 0 saturated carbocycles. The first kappa shape index (κ1) is 11.2. The molecule has 0 aromatic heterocycles. The average molecular weight is 238 g/mol. The average Bonchev–Trinajstić information content (AvgIpc) is 2.09. The van der Waals surface area contributed by atoms with E-state index in [0.29, 0.717) is 0 Å².